The van der Waals surface area contributed by atoms with E-state index in [0.29, 0.717) is 0 Å². The number of rotatable bonds is 5. The zero-order valence-electron chi connectivity index (χ0n) is 10.5. The van der Waals surface area contributed by atoms with Crippen LogP contribution in [0.2, 0.25) is 5.02 Å². The molecule has 0 saturated heterocycles. The second-order valence-electron chi connectivity index (χ2n) is 4.61. The number of hydrogen-bond acceptors (Lipinski definition) is 2. The van der Waals surface area contributed by atoms with E-state index in [1.165, 1.54) is 5.56 Å². The normalized spacial score (nSPS) is 11.8. The summed E-state index contributed by atoms with van der Waals surface area (Å²) >= 11 is 13.2. The van der Waals surface area contributed by atoms with E-state index >= 15 is 0 Å². The van der Waals surface area contributed by atoms with Gasteiger partial charge in [-0.25, -0.2) is 0 Å². The second-order valence-corrected chi connectivity index (χ2v) is 6.17. The van der Waals surface area contributed by atoms with E-state index in [1.807, 2.05) is 25.4 Å². The van der Waals surface area contributed by atoms with Crippen molar-refractivity contribution in [1.29, 1.82) is 0 Å². The van der Waals surface area contributed by atoms with Crippen LogP contribution in [-0.4, -0.2) is 25.7 Å². The van der Waals surface area contributed by atoms with E-state index < -0.39 is 0 Å². The number of nitrogens with zero attached hydrogens (tertiary/aromatic N) is 3. The van der Waals surface area contributed by atoms with Gasteiger partial charge >= 0.3 is 0 Å². The van der Waals surface area contributed by atoms with E-state index in [0.717, 1.165) is 27.8 Å². The summed E-state index contributed by atoms with van der Waals surface area (Å²) in [7, 11) is 1.88. The van der Waals surface area contributed by atoms with Crippen molar-refractivity contribution in [2.24, 2.45) is 7.05 Å². The lowest BCUT2D eigenvalue weighted by atomic mass is 9.80. The molecule has 1 aromatic carbocycles. The van der Waals surface area contributed by atoms with Gasteiger partial charge in [-0.3, -0.25) is 4.68 Å². The van der Waals surface area contributed by atoms with Crippen LogP contribution >= 0.6 is 43.5 Å². The Morgan fingerprint density at radius 2 is 1.84 bits per heavy atom. The molecule has 0 unspecified atom stereocenters. The smallest absolute Gasteiger partial charge is 0.0836 e. The summed E-state index contributed by atoms with van der Waals surface area (Å²) in [6, 6.07) is 7.99. The van der Waals surface area contributed by atoms with Crippen molar-refractivity contribution in [3.63, 3.8) is 0 Å². The van der Waals surface area contributed by atoms with Crippen molar-refractivity contribution < 1.29 is 0 Å². The Kier molecular flexibility index (Phi) is 5.03. The molecule has 2 rings (SSSR count). The molecular weight excluding hydrogens is 393 g/mol. The van der Waals surface area contributed by atoms with Crippen LogP contribution in [0, 0.1) is 0 Å². The summed E-state index contributed by atoms with van der Waals surface area (Å²) in [6.07, 6.45) is 2.77. The van der Waals surface area contributed by atoms with Crippen molar-refractivity contribution in [2.75, 3.05) is 10.7 Å². The van der Waals surface area contributed by atoms with E-state index in [9.17, 15) is 0 Å². The van der Waals surface area contributed by atoms with Crippen molar-refractivity contribution >= 4 is 43.5 Å². The molecule has 0 radical (unpaired) electrons. The highest BCUT2D eigenvalue weighted by Crippen LogP contribution is 2.33. The minimum absolute atomic E-state index is 0.0549. The Labute approximate surface area is 134 Å². The molecule has 0 aliphatic carbocycles. The average Bonchev–Trinajstić information content (AvgIpc) is 2.82. The molecule has 0 spiro atoms. The van der Waals surface area contributed by atoms with Gasteiger partial charge in [0.25, 0.3) is 0 Å². The van der Waals surface area contributed by atoms with Crippen LogP contribution in [0.5, 0.6) is 0 Å². The first-order chi connectivity index (χ1) is 9.09. The molecule has 0 N–H and O–H groups in total. The maximum absolute atomic E-state index is 5.96. The highest BCUT2D eigenvalue weighted by atomic mass is 79.9. The third-order valence-electron chi connectivity index (χ3n) is 3.14. The van der Waals surface area contributed by atoms with Gasteiger partial charge in [0.1, 0.15) is 0 Å². The summed E-state index contributed by atoms with van der Waals surface area (Å²) in [6.45, 7) is 0. The van der Waals surface area contributed by atoms with Gasteiger partial charge in [0.05, 0.1) is 5.69 Å². The van der Waals surface area contributed by atoms with Gasteiger partial charge in [0, 0.05) is 40.8 Å². The largest absolute Gasteiger partial charge is 0.255 e. The lowest BCUT2D eigenvalue weighted by Gasteiger charge is -2.30. The topological polar surface area (TPSA) is 30.7 Å². The van der Waals surface area contributed by atoms with Gasteiger partial charge in [0.2, 0.25) is 0 Å². The number of aromatic nitrogens is 3. The number of hydrogen-bond donors (Lipinski definition) is 0. The molecule has 102 valence electrons. The second kappa shape index (κ2) is 6.37. The fourth-order valence-corrected chi connectivity index (χ4v) is 4.11. The van der Waals surface area contributed by atoms with E-state index in [1.54, 1.807) is 4.68 Å². The zero-order valence-corrected chi connectivity index (χ0v) is 14.4. The molecule has 0 aliphatic rings. The summed E-state index contributed by atoms with van der Waals surface area (Å²) < 4.78 is 1.73. The molecule has 3 nitrogen and oxygen atoms in total. The molecule has 0 bridgehead atoms. The maximum atomic E-state index is 5.96. The molecule has 19 heavy (non-hydrogen) atoms. The molecule has 0 atom stereocenters. The quantitative estimate of drug-likeness (QED) is 0.707. The first-order valence-corrected chi connectivity index (χ1v) is 8.45. The highest BCUT2D eigenvalue weighted by Gasteiger charge is 2.31. The van der Waals surface area contributed by atoms with Gasteiger partial charge in [0.15, 0.2) is 0 Å². The number of alkyl halides is 2. The van der Waals surface area contributed by atoms with Crippen LogP contribution < -0.4 is 0 Å². The van der Waals surface area contributed by atoms with Crippen LogP contribution in [-0.2, 0) is 18.9 Å². The lowest BCUT2D eigenvalue weighted by Crippen LogP contribution is -2.33. The minimum atomic E-state index is -0.0549. The molecule has 0 aliphatic heterocycles. The van der Waals surface area contributed by atoms with Crippen molar-refractivity contribution in [3.05, 3.63) is 46.7 Å². The summed E-state index contributed by atoms with van der Waals surface area (Å²) in [5, 5.41) is 10.6. The molecule has 6 heteroatoms. The number of halogens is 3. The molecule has 1 aromatic heterocycles. The molecular formula is C13H14Br2ClN3. The Morgan fingerprint density at radius 1 is 1.21 bits per heavy atom. The minimum Gasteiger partial charge on any atom is -0.255 e. The van der Waals surface area contributed by atoms with Gasteiger partial charge in [-0.05, 0) is 17.7 Å². The molecule has 0 amide bonds. The number of aryl methyl sites for hydroxylation is 1. The van der Waals surface area contributed by atoms with Crippen LogP contribution in [0.25, 0.3) is 0 Å². The van der Waals surface area contributed by atoms with Crippen LogP contribution in [0.4, 0.5) is 0 Å². The SMILES string of the molecule is Cn1cc(CC(CBr)(CBr)c2ccc(Cl)cc2)nn1. The maximum Gasteiger partial charge on any atom is 0.0836 e. The monoisotopic (exact) mass is 405 g/mol. The van der Waals surface area contributed by atoms with Gasteiger partial charge in [-0.1, -0.05) is 60.8 Å². The lowest BCUT2D eigenvalue weighted by molar-refractivity contribution is 0.542. The fraction of sp³-hybridized carbons (Fsp3) is 0.385. The van der Waals surface area contributed by atoms with Crippen molar-refractivity contribution in [3.8, 4) is 0 Å². The third kappa shape index (κ3) is 3.38. The van der Waals surface area contributed by atoms with Crippen LogP contribution in [0.3, 0.4) is 0 Å². The van der Waals surface area contributed by atoms with Crippen LogP contribution in [0.1, 0.15) is 11.3 Å². The molecule has 0 fully saturated rings. The predicted molar refractivity (Wildman–Crippen MR) is 85.4 cm³/mol. The molecule has 2 aromatic rings. The van der Waals surface area contributed by atoms with Gasteiger partial charge in [-0.15, -0.1) is 5.10 Å². The average molecular weight is 408 g/mol. The van der Waals surface area contributed by atoms with E-state index in [4.69, 9.17) is 11.6 Å². The van der Waals surface area contributed by atoms with E-state index in [-0.39, 0.29) is 5.41 Å². The summed E-state index contributed by atoms with van der Waals surface area (Å²) in [4.78, 5) is 0. The van der Waals surface area contributed by atoms with Gasteiger partial charge in [-0.2, -0.15) is 0 Å². The highest BCUT2D eigenvalue weighted by molar-refractivity contribution is 9.09. The Balaban J connectivity index is 2.33. The first kappa shape index (κ1) is 15.0. The fourth-order valence-electron chi connectivity index (χ4n) is 2.01. The number of benzene rings is 1. The van der Waals surface area contributed by atoms with Crippen molar-refractivity contribution in [2.45, 2.75) is 11.8 Å². The first-order valence-electron chi connectivity index (χ1n) is 5.83. The van der Waals surface area contributed by atoms with Crippen molar-refractivity contribution in [1.82, 2.24) is 15.0 Å². The summed E-state index contributed by atoms with van der Waals surface area (Å²) in [5.74, 6) is 0. The van der Waals surface area contributed by atoms with Gasteiger partial charge < -0.3 is 0 Å². The molecule has 0 saturated carbocycles. The Bertz CT molecular complexity index is 535. The zero-order chi connectivity index (χ0) is 13.9. The Hall–Kier alpha value is -0.390. The predicted octanol–water partition coefficient (Wildman–Crippen LogP) is 3.74. The Morgan fingerprint density at radius 3 is 2.32 bits per heavy atom. The van der Waals surface area contributed by atoms with E-state index in [2.05, 4.69) is 54.3 Å². The summed E-state index contributed by atoms with van der Waals surface area (Å²) in [5.41, 5.74) is 2.16. The molecule has 1 heterocycles. The standard InChI is InChI=1S/C13H14Br2ClN3/c1-19-7-12(17-18-19)6-13(8-14,9-15)10-2-4-11(16)5-3-10/h2-5,7H,6,8-9H2,1H3. The third-order valence-corrected chi connectivity index (χ3v) is 5.54. The van der Waals surface area contributed by atoms with Crippen LogP contribution in [0.15, 0.2) is 30.5 Å².